The second-order valence-corrected chi connectivity index (χ2v) is 5.39. The Bertz CT molecular complexity index is 1080. The van der Waals surface area contributed by atoms with Gasteiger partial charge in [0.1, 0.15) is 5.57 Å². The van der Waals surface area contributed by atoms with E-state index < -0.39 is 16.7 Å². The quantitative estimate of drug-likeness (QED) is 0.373. The fourth-order valence-corrected chi connectivity index (χ4v) is 2.29. The Kier molecular flexibility index (Phi) is 4.78. The molecule has 0 fully saturated rings. The summed E-state index contributed by atoms with van der Waals surface area (Å²) in [5.74, 6) is 1.55. The number of carbonyl (C=O) groups excluding carboxylic acids is 2. The second-order valence-electron chi connectivity index (χ2n) is 5.39. The van der Waals surface area contributed by atoms with Crippen molar-refractivity contribution in [3.63, 3.8) is 0 Å². The van der Waals surface area contributed by atoms with E-state index in [0.29, 0.717) is 10.9 Å². The van der Waals surface area contributed by atoms with E-state index in [4.69, 9.17) is 0 Å². The van der Waals surface area contributed by atoms with Gasteiger partial charge in [0.25, 0.3) is 11.6 Å². The molecule has 1 N–H and O–H groups in total. The molecule has 0 bridgehead atoms. The number of nitrogens with zero attached hydrogens (tertiary/aromatic N) is 3. The third-order valence-corrected chi connectivity index (χ3v) is 3.56. The Morgan fingerprint density at radius 3 is 2.65 bits per heavy atom. The average molecular weight is 348 g/mol. The molecular formula is C18H12N4O4. The minimum absolute atomic E-state index is 0.0105. The molecule has 0 atom stereocenters. The molecule has 3 rings (SSSR count). The van der Waals surface area contributed by atoms with Crippen LogP contribution in [0.2, 0.25) is 0 Å². The van der Waals surface area contributed by atoms with E-state index >= 15 is 0 Å². The van der Waals surface area contributed by atoms with Crippen molar-refractivity contribution >= 4 is 29.4 Å². The highest BCUT2D eigenvalue weighted by Gasteiger charge is 2.10. The molecule has 2 aromatic carbocycles. The summed E-state index contributed by atoms with van der Waals surface area (Å²) in [6, 6.07) is 12.8. The Balaban J connectivity index is 1.69. The highest BCUT2D eigenvalue weighted by atomic mass is 16.6. The zero-order valence-electron chi connectivity index (χ0n) is 13.4. The first-order valence-corrected chi connectivity index (χ1v) is 7.57. The Morgan fingerprint density at radius 2 is 1.92 bits per heavy atom. The summed E-state index contributed by atoms with van der Waals surface area (Å²) in [6.45, 7) is 0. The molecule has 1 aliphatic heterocycles. The summed E-state index contributed by atoms with van der Waals surface area (Å²) in [7, 11) is 0. The monoisotopic (exact) mass is 348 g/mol. The largest absolute Gasteiger partial charge is 0.287 e. The number of hydrazone groups is 1. The molecule has 26 heavy (non-hydrogen) atoms. The van der Waals surface area contributed by atoms with Gasteiger partial charge in [0, 0.05) is 23.2 Å². The number of rotatable bonds is 4. The molecule has 0 unspecified atom stereocenters. The number of fused-ring (bicyclic) bond motifs is 1. The van der Waals surface area contributed by atoms with E-state index in [9.17, 15) is 19.7 Å². The number of benzene rings is 2. The van der Waals surface area contributed by atoms with Gasteiger partial charge in [0.15, 0.2) is 0 Å². The normalized spacial score (nSPS) is 12.2. The van der Waals surface area contributed by atoms with Crippen molar-refractivity contribution in [1.82, 2.24) is 5.43 Å². The fraction of sp³-hybridized carbons (Fsp3) is 0.0556. The molecule has 1 aliphatic rings. The lowest BCUT2D eigenvalue weighted by Crippen LogP contribution is -2.30. The van der Waals surface area contributed by atoms with Gasteiger partial charge in [0.2, 0.25) is 5.91 Å². The maximum Gasteiger partial charge on any atom is 0.287 e. The summed E-state index contributed by atoms with van der Waals surface area (Å²) in [6.07, 6.45) is 1.58. The highest BCUT2D eigenvalue weighted by molar-refractivity contribution is 6.10. The first-order chi connectivity index (χ1) is 12.5. The molecule has 8 nitrogen and oxygen atoms in total. The molecule has 0 saturated carbocycles. The van der Waals surface area contributed by atoms with Crippen molar-refractivity contribution in [2.75, 3.05) is 0 Å². The molecule has 2 amide bonds. The van der Waals surface area contributed by atoms with E-state index in [2.05, 4.69) is 21.4 Å². The molecular weight excluding hydrogens is 336 g/mol. The van der Waals surface area contributed by atoms with Gasteiger partial charge in [-0.3, -0.25) is 19.7 Å². The van der Waals surface area contributed by atoms with E-state index in [1.807, 2.05) is 6.07 Å². The van der Waals surface area contributed by atoms with Gasteiger partial charge in [-0.2, -0.15) is 0 Å². The lowest BCUT2D eigenvalue weighted by molar-refractivity contribution is -0.384. The van der Waals surface area contributed by atoms with Crippen LogP contribution in [0.3, 0.4) is 0 Å². The lowest BCUT2D eigenvalue weighted by Gasteiger charge is -2.00. The molecule has 1 heterocycles. The van der Waals surface area contributed by atoms with Crippen LogP contribution in [0.5, 0.6) is 0 Å². The smallest absolute Gasteiger partial charge is 0.273 e. The van der Waals surface area contributed by atoms with Gasteiger partial charge < -0.3 is 0 Å². The number of nitrogens with one attached hydrogen (secondary N) is 1. The van der Waals surface area contributed by atoms with E-state index in [1.54, 1.807) is 24.3 Å². The van der Waals surface area contributed by atoms with Crippen molar-refractivity contribution in [2.24, 2.45) is 10.1 Å². The van der Waals surface area contributed by atoms with E-state index in [1.165, 1.54) is 24.3 Å². The topological polar surface area (TPSA) is 114 Å². The molecule has 2 aromatic rings. The van der Waals surface area contributed by atoms with Crippen LogP contribution in [0, 0.1) is 10.1 Å². The number of amides is 2. The first kappa shape index (κ1) is 16.9. The van der Waals surface area contributed by atoms with Crippen LogP contribution in [0.4, 0.5) is 5.69 Å². The summed E-state index contributed by atoms with van der Waals surface area (Å²) in [4.78, 5) is 37.7. The third kappa shape index (κ3) is 3.95. The highest BCUT2D eigenvalue weighted by Crippen LogP contribution is 2.12. The minimum Gasteiger partial charge on any atom is -0.273 e. The predicted molar refractivity (Wildman–Crippen MR) is 92.6 cm³/mol. The standard InChI is InChI=1S/C18H12N4O4/c23-17(9-12-5-7-15(8-6-12)22(25)26)21-19-11-14-10-13-3-1-2-4-16(13)20-18(14)24/h1-8,10H,9H2,(H,21,23). The summed E-state index contributed by atoms with van der Waals surface area (Å²) in [5.41, 5.74) is 2.95. The lowest BCUT2D eigenvalue weighted by atomic mass is 10.1. The molecule has 128 valence electrons. The van der Waals surface area contributed by atoms with Crippen LogP contribution in [-0.4, -0.2) is 22.6 Å². The van der Waals surface area contributed by atoms with Crippen LogP contribution in [0.25, 0.3) is 6.08 Å². The summed E-state index contributed by atoms with van der Waals surface area (Å²) in [5, 5.41) is 15.6. The SMILES string of the molecule is O=C(Cc1ccc([N+](=O)[O-])cc1)NN=C=C1C=c2ccccc2=NC1=O. The van der Waals surface area contributed by atoms with Crippen LogP contribution in [0.15, 0.2) is 64.2 Å². The van der Waals surface area contributed by atoms with Crippen molar-refractivity contribution in [3.8, 4) is 0 Å². The molecule has 0 radical (unpaired) electrons. The second kappa shape index (κ2) is 7.33. The van der Waals surface area contributed by atoms with Gasteiger partial charge in [0.05, 0.1) is 16.7 Å². The minimum atomic E-state index is -0.513. The van der Waals surface area contributed by atoms with Crippen molar-refractivity contribution in [2.45, 2.75) is 6.42 Å². The zero-order chi connectivity index (χ0) is 18.5. The number of nitro groups is 1. The van der Waals surface area contributed by atoms with E-state index in [0.717, 1.165) is 5.22 Å². The van der Waals surface area contributed by atoms with Gasteiger partial charge in [-0.15, -0.1) is 5.10 Å². The van der Waals surface area contributed by atoms with Crippen LogP contribution >= 0.6 is 0 Å². The molecule has 8 heteroatoms. The number of nitro benzene ring substituents is 1. The van der Waals surface area contributed by atoms with Gasteiger partial charge in [-0.05, 0) is 17.7 Å². The summed E-state index contributed by atoms with van der Waals surface area (Å²) < 4.78 is 0. The van der Waals surface area contributed by atoms with Crippen molar-refractivity contribution < 1.29 is 14.5 Å². The van der Waals surface area contributed by atoms with Gasteiger partial charge >= 0.3 is 0 Å². The van der Waals surface area contributed by atoms with Gasteiger partial charge in [-0.1, -0.05) is 30.3 Å². The Labute approximate surface area is 147 Å². The predicted octanol–water partition coefficient (Wildman–Crippen LogP) is 0.405. The first-order valence-electron chi connectivity index (χ1n) is 7.57. The number of non-ortho nitro benzene ring substituents is 1. The molecule has 0 aliphatic carbocycles. The van der Waals surface area contributed by atoms with Crippen LogP contribution in [-0.2, 0) is 16.0 Å². The molecule has 0 saturated heterocycles. The maximum atomic E-state index is 11.9. The molecule has 0 spiro atoms. The average Bonchev–Trinajstić information content (AvgIpc) is 2.62. The van der Waals surface area contributed by atoms with Crippen molar-refractivity contribution in [3.05, 3.63) is 80.4 Å². The van der Waals surface area contributed by atoms with E-state index in [-0.39, 0.29) is 17.7 Å². The Hall–Kier alpha value is -3.90. The molecule has 0 aromatic heterocycles. The number of para-hydroxylation sites is 1. The number of carbonyl (C=O) groups is 2. The maximum absolute atomic E-state index is 11.9. The number of hydrogen-bond donors (Lipinski definition) is 1. The van der Waals surface area contributed by atoms with Crippen molar-refractivity contribution in [1.29, 1.82) is 0 Å². The van der Waals surface area contributed by atoms with Crippen LogP contribution in [0.1, 0.15) is 5.56 Å². The summed E-state index contributed by atoms with van der Waals surface area (Å²) >= 11 is 0. The van der Waals surface area contributed by atoms with Crippen LogP contribution < -0.4 is 16.0 Å². The zero-order valence-corrected chi connectivity index (χ0v) is 13.4. The fourth-order valence-electron chi connectivity index (χ4n) is 2.29. The van der Waals surface area contributed by atoms with Gasteiger partial charge in [-0.25, -0.2) is 10.4 Å². The third-order valence-electron chi connectivity index (χ3n) is 3.56. The Morgan fingerprint density at radius 1 is 1.19 bits per heavy atom. The number of hydrogen-bond acceptors (Lipinski definition) is 5.